The maximum atomic E-state index is 14.2. The van der Waals surface area contributed by atoms with Gasteiger partial charge < -0.3 is 9.47 Å². The summed E-state index contributed by atoms with van der Waals surface area (Å²) >= 11 is 8.77. The molecule has 0 bridgehead atoms. The highest BCUT2D eigenvalue weighted by molar-refractivity contribution is 9.11. The first kappa shape index (κ1) is 28.1. The van der Waals surface area contributed by atoms with Gasteiger partial charge in [-0.15, -0.1) is 0 Å². The molecule has 0 N–H and O–H groups in total. The topological polar surface area (TPSA) is 52.8 Å². The molecule has 5 aromatic rings. The van der Waals surface area contributed by atoms with Crippen molar-refractivity contribution >= 4 is 55.0 Å². The molecule has 7 rings (SSSR count). The molecular weight excluding hydrogens is 688 g/mol. The molecule has 0 radical (unpaired) electrons. The lowest BCUT2D eigenvalue weighted by Crippen LogP contribution is -2.39. The molecule has 0 unspecified atom stereocenters. The van der Waals surface area contributed by atoms with Crippen molar-refractivity contribution in [2.24, 2.45) is 4.99 Å². The molecule has 0 spiro atoms. The standard InChI is InChI=1S/C35H26Br2N2O3S/c1-41-29-14-8-7-13-25(29)32-26-16-15-23-11-5-6-12-24(23)31(26)38-35-39(32)34(40)30(43-35)19-22-17-27(36)33(28(37)18-22)42-20-21-9-3-2-4-10-21/h2-14,17-19,32H,15-16,20H2,1H3/b30-19+/t32-/m1/s1. The summed E-state index contributed by atoms with van der Waals surface area (Å²) < 4.78 is 16.0. The molecule has 2 heterocycles. The van der Waals surface area contributed by atoms with Gasteiger partial charge in [-0.25, -0.2) is 4.99 Å². The second-order valence-corrected chi connectivity index (χ2v) is 13.2. The first-order valence-electron chi connectivity index (χ1n) is 13.9. The number of rotatable bonds is 6. The van der Waals surface area contributed by atoms with Gasteiger partial charge in [-0.1, -0.05) is 84.1 Å². The van der Waals surface area contributed by atoms with Crippen LogP contribution in [-0.2, 0) is 13.0 Å². The van der Waals surface area contributed by atoms with Crippen molar-refractivity contribution in [3.8, 4) is 11.5 Å². The predicted octanol–water partition coefficient (Wildman–Crippen LogP) is 7.43. The van der Waals surface area contributed by atoms with Crippen LogP contribution in [0.15, 0.2) is 115 Å². The zero-order valence-corrected chi connectivity index (χ0v) is 27.2. The third kappa shape index (κ3) is 5.22. The highest BCUT2D eigenvalue weighted by atomic mass is 79.9. The van der Waals surface area contributed by atoms with Gasteiger partial charge >= 0.3 is 0 Å². The van der Waals surface area contributed by atoms with E-state index < -0.39 is 0 Å². The van der Waals surface area contributed by atoms with Crippen LogP contribution in [0.25, 0.3) is 11.8 Å². The summed E-state index contributed by atoms with van der Waals surface area (Å²) in [6.07, 6.45) is 3.66. The van der Waals surface area contributed by atoms with Gasteiger partial charge in [0.25, 0.3) is 5.56 Å². The number of nitrogens with zero attached hydrogens (tertiary/aromatic N) is 2. The maximum Gasteiger partial charge on any atom is 0.271 e. The van der Waals surface area contributed by atoms with Gasteiger partial charge in [-0.2, -0.15) is 0 Å². The van der Waals surface area contributed by atoms with Crippen LogP contribution >= 0.6 is 43.2 Å². The molecule has 5 nitrogen and oxygen atoms in total. The van der Waals surface area contributed by atoms with Crippen molar-refractivity contribution in [3.63, 3.8) is 0 Å². The monoisotopic (exact) mass is 712 g/mol. The number of para-hydroxylation sites is 1. The van der Waals surface area contributed by atoms with Gasteiger partial charge in [0.2, 0.25) is 0 Å². The Hall–Kier alpha value is -3.72. The van der Waals surface area contributed by atoms with Crippen LogP contribution in [0.5, 0.6) is 11.5 Å². The first-order valence-corrected chi connectivity index (χ1v) is 16.3. The van der Waals surface area contributed by atoms with E-state index in [0.717, 1.165) is 61.1 Å². The van der Waals surface area contributed by atoms with Crippen LogP contribution < -0.4 is 24.4 Å². The largest absolute Gasteiger partial charge is 0.496 e. The lowest BCUT2D eigenvalue weighted by atomic mass is 9.83. The summed E-state index contributed by atoms with van der Waals surface area (Å²) in [5.74, 6) is 1.47. The number of hydrogen-bond acceptors (Lipinski definition) is 5. The molecule has 2 aliphatic rings. The van der Waals surface area contributed by atoms with E-state index in [2.05, 4.69) is 62.2 Å². The summed E-state index contributed by atoms with van der Waals surface area (Å²) in [7, 11) is 1.68. The van der Waals surface area contributed by atoms with E-state index in [1.807, 2.05) is 71.3 Å². The summed E-state index contributed by atoms with van der Waals surface area (Å²) in [4.78, 5) is 20.0. The minimum atomic E-state index is -0.301. The van der Waals surface area contributed by atoms with Crippen LogP contribution in [0.1, 0.15) is 40.3 Å². The van der Waals surface area contributed by atoms with Gasteiger partial charge in [-0.3, -0.25) is 9.36 Å². The number of methoxy groups -OCH3 is 1. The van der Waals surface area contributed by atoms with Crippen molar-refractivity contribution in [1.82, 2.24) is 4.57 Å². The Morgan fingerprint density at radius 2 is 1.67 bits per heavy atom. The van der Waals surface area contributed by atoms with Crippen LogP contribution in [0.4, 0.5) is 0 Å². The van der Waals surface area contributed by atoms with E-state index in [1.54, 1.807) is 7.11 Å². The number of allylic oxidation sites excluding steroid dienone is 1. The lowest BCUT2D eigenvalue weighted by molar-refractivity contribution is 0.302. The highest BCUT2D eigenvalue weighted by Gasteiger charge is 2.34. The summed E-state index contributed by atoms with van der Waals surface area (Å²) in [6.45, 7) is 0.451. The Labute approximate surface area is 269 Å². The lowest BCUT2D eigenvalue weighted by Gasteiger charge is -2.31. The van der Waals surface area contributed by atoms with E-state index in [-0.39, 0.29) is 11.6 Å². The number of ether oxygens (including phenoxy) is 2. The first-order chi connectivity index (χ1) is 21.0. The Bertz CT molecular complexity index is 2060. The molecule has 4 aromatic carbocycles. The van der Waals surface area contributed by atoms with E-state index in [9.17, 15) is 4.79 Å². The normalized spacial score (nSPS) is 15.8. The van der Waals surface area contributed by atoms with Crippen molar-refractivity contribution in [2.45, 2.75) is 25.5 Å². The van der Waals surface area contributed by atoms with E-state index in [4.69, 9.17) is 14.5 Å². The van der Waals surface area contributed by atoms with Gasteiger partial charge in [0.15, 0.2) is 4.80 Å². The van der Waals surface area contributed by atoms with Crippen molar-refractivity contribution in [1.29, 1.82) is 0 Å². The predicted molar refractivity (Wildman–Crippen MR) is 178 cm³/mol. The summed E-state index contributed by atoms with van der Waals surface area (Å²) in [5, 5.41) is 0. The summed E-state index contributed by atoms with van der Waals surface area (Å²) in [5.41, 5.74) is 7.39. The van der Waals surface area contributed by atoms with Gasteiger partial charge in [0.1, 0.15) is 18.1 Å². The molecule has 43 heavy (non-hydrogen) atoms. The molecule has 0 saturated carbocycles. The molecule has 1 aliphatic carbocycles. The Morgan fingerprint density at radius 1 is 0.953 bits per heavy atom. The van der Waals surface area contributed by atoms with Gasteiger partial charge in [0, 0.05) is 11.1 Å². The number of benzene rings is 4. The average molecular weight is 714 g/mol. The number of fused-ring (bicyclic) bond motifs is 3. The van der Waals surface area contributed by atoms with E-state index >= 15 is 0 Å². The Kier molecular flexibility index (Phi) is 7.67. The van der Waals surface area contributed by atoms with Gasteiger partial charge in [-0.05, 0) is 91.2 Å². The molecule has 214 valence electrons. The maximum absolute atomic E-state index is 14.2. The SMILES string of the molecule is COc1ccccc1[C@@H]1C2=C(N=c3s/c(=C/c4cc(Br)c(OCc5ccccc5)c(Br)c4)c(=O)n31)c1ccccc1CC2. The minimum Gasteiger partial charge on any atom is -0.496 e. The fourth-order valence-corrected chi connectivity index (χ4v) is 8.32. The fraction of sp³-hybridized carbons (Fsp3) is 0.143. The second-order valence-electron chi connectivity index (χ2n) is 10.4. The molecule has 1 atom stereocenters. The van der Waals surface area contributed by atoms with Crippen LogP contribution in [-0.4, -0.2) is 11.7 Å². The molecule has 1 aromatic heterocycles. The zero-order chi connectivity index (χ0) is 29.5. The molecule has 0 amide bonds. The third-order valence-electron chi connectivity index (χ3n) is 7.85. The van der Waals surface area contributed by atoms with Crippen molar-refractivity contribution < 1.29 is 9.47 Å². The third-order valence-corrected chi connectivity index (χ3v) is 10.0. The number of hydrogen-bond donors (Lipinski definition) is 0. The smallest absolute Gasteiger partial charge is 0.271 e. The van der Waals surface area contributed by atoms with Crippen LogP contribution in [0, 0.1) is 0 Å². The zero-order valence-electron chi connectivity index (χ0n) is 23.2. The quantitative estimate of drug-likeness (QED) is 0.184. The molecular formula is C35H26Br2N2O3S. The minimum absolute atomic E-state index is 0.0679. The molecule has 0 fully saturated rings. The number of aryl methyl sites for hydroxylation is 1. The molecule has 8 heteroatoms. The fourth-order valence-electron chi connectivity index (χ4n) is 5.87. The molecule has 0 saturated heterocycles. The molecule has 1 aliphatic heterocycles. The second kappa shape index (κ2) is 11.8. The van der Waals surface area contributed by atoms with E-state index in [1.165, 1.54) is 16.9 Å². The Balaban J connectivity index is 1.35. The van der Waals surface area contributed by atoms with Gasteiger partial charge in [0.05, 0.1) is 32.3 Å². The number of halogens is 2. The van der Waals surface area contributed by atoms with Crippen molar-refractivity contribution in [2.75, 3.05) is 7.11 Å². The number of aromatic nitrogens is 1. The average Bonchev–Trinajstić information content (AvgIpc) is 3.34. The van der Waals surface area contributed by atoms with Crippen LogP contribution in [0.3, 0.4) is 0 Å². The Morgan fingerprint density at radius 3 is 2.47 bits per heavy atom. The van der Waals surface area contributed by atoms with Crippen molar-refractivity contribution in [3.05, 3.63) is 153 Å². The summed E-state index contributed by atoms with van der Waals surface area (Å²) in [6, 6.07) is 30.1. The number of thiazole rings is 1. The van der Waals surface area contributed by atoms with E-state index in [0.29, 0.717) is 21.7 Å². The highest BCUT2D eigenvalue weighted by Crippen LogP contribution is 2.43. The van der Waals surface area contributed by atoms with Crippen LogP contribution in [0.2, 0.25) is 0 Å².